The van der Waals surface area contributed by atoms with Crippen molar-refractivity contribution in [2.75, 3.05) is 83.8 Å². The summed E-state index contributed by atoms with van der Waals surface area (Å²) in [6.07, 6.45) is 6.92. The molecule has 1 aliphatic rings. The molecule has 3 heterocycles. The topological polar surface area (TPSA) is 218 Å². The van der Waals surface area contributed by atoms with E-state index in [1.807, 2.05) is 13.8 Å². The number of carbonyl (C=O) groups excluding carboxylic acids is 1. The Morgan fingerprint density at radius 1 is 1.12 bits per heavy atom. The van der Waals surface area contributed by atoms with E-state index in [0.717, 1.165) is 0 Å². The number of amides is 1. The van der Waals surface area contributed by atoms with Gasteiger partial charge in [0.25, 0.3) is 0 Å². The van der Waals surface area contributed by atoms with Crippen LogP contribution >= 0.6 is 27.6 Å². The van der Waals surface area contributed by atoms with Crippen molar-refractivity contribution >= 4 is 50.3 Å². The van der Waals surface area contributed by atoms with Gasteiger partial charge >= 0.3 is 7.60 Å². The summed E-state index contributed by atoms with van der Waals surface area (Å²) in [5, 5.41) is 11.3. The fourth-order valence-electron chi connectivity index (χ4n) is 4.40. The molecule has 1 saturated heterocycles. The Morgan fingerprint density at radius 2 is 1.79 bits per heavy atom. The first-order chi connectivity index (χ1) is 22.9. The molecule has 17 nitrogen and oxygen atoms in total. The van der Waals surface area contributed by atoms with Gasteiger partial charge in [-0.05, 0) is 29.9 Å². The fraction of sp³-hybridized carbons (Fsp3) is 0.714. The Morgan fingerprint density at radius 3 is 2.46 bits per heavy atom. The first-order valence-corrected chi connectivity index (χ1v) is 18.9. The number of ether oxygens (including phenoxy) is 5. The minimum Gasteiger partial charge on any atom is -0.379 e. The molecule has 270 valence electrons. The van der Waals surface area contributed by atoms with Crippen molar-refractivity contribution < 1.29 is 52.2 Å². The number of nitrogens with one attached hydrogen (secondary N) is 2. The molecule has 0 aromatic carbocycles. The quantitative estimate of drug-likeness (QED) is 0.0452. The van der Waals surface area contributed by atoms with Gasteiger partial charge in [0, 0.05) is 19.5 Å². The Balaban J connectivity index is 1.36. The van der Waals surface area contributed by atoms with Crippen LogP contribution in [-0.2, 0) is 37.6 Å². The van der Waals surface area contributed by atoms with E-state index in [9.17, 15) is 14.3 Å². The van der Waals surface area contributed by atoms with Crippen LogP contribution in [0.5, 0.6) is 0 Å². The van der Waals surface area contributed by atoms with E-state index in [-0.39, 0.29) is 42.8 Å². The van der Waals surface area contributed by atoms with Gasteiger partial charge in [0.1, 0.15) is 18.3 Å². The summed E-state index contributed by atoms with van der Waals surface area (Å²) in [5.41, 5.74) is 0.0795. The summed E-state index contributed by atoms with van der Waals surface area (Å²) < 4.78 is 45.9. The average molecular weight is 739 g/mol. The van der Waals surface area contributed by atoms with Crippen molar-refractivity contribution in [1.82, 2.24) is 25.1 Å². The van der Waals surface area contributed by atoms with Gasteiger partial charge in [0.05, 0.1) is 70.5 Å². The maximum Gasteiger partial charge on any atom is 0.337 e. The predicted molar refractivity (Wildman–Crippen MR) is 177 cm³/mol. The Bertz CT molecular complexity index is 1380. The number of hydrogen-bond acceptors (Lipinski definition) is 14. The van der Waals surface area contributed by atoms with Crippen LogP contribution < -0.4 is 10.6 Å². The van der Waals surface area contributed by atoms with E-state index in [1.165, 1.54) is 0 Å². The van der Waals surface area contributed by atoms with Crippen molar-refractivity contribution in [3.63, 3.8) is 0 Å². The average Bonchev–Trinajstić information content (AvgIpc) is 3.67. The lowest BCUT2D eigenvalue weighted by molar-refractivity contribution is -0.122. The third-order valence-corrected chi connectivity index (χ3v) is 9.99. The second-order valence-electron chi connectivity index (χ2n) is 11.5. The highest BCUT2D eigenvalue weighted by Gasteiger charge is 2.32. The highest BCUT2D eigenvalue weighted by molar-refractivity contribution is 7.67. The third-order valence-electron chi connectivity index (χ3n) is 6.83. The SMILES string of the molecule is C#CCOCCOCCOCCOCCC(=O)NCC(C)(C)CNc1nc(Cl)nc2c1cnn2C1CCC(COP(=O)(O)CP(O)O)O1. The minimum atomic E-state index is -4.14. The van der Waals surface area contributed by atoms with Crippen LogP contribution in [0.3, 0.4) is 0 Å². The van der Waals surface area contributed by atoms with Crippen molar-refractivity contribution in [3.05, 3.63) is 11.5 Å². The molecule has 0 radical (unpaired) electrons. The van der Waals surface area contributed by atoms with E-state index in [1.54, 1.807) is 10.9 Å². The molecule has 1 fully saturated rings. The fourth-order valence-corrected chi connectivity index (χ4v) is 6.57. The van der Waals surface area contributed by atoms with Gasteiger partial charge in [0.2, 0.25) is 11.2 Å². The zero-order chi connectivity index (χ0) is 35.0. The molecule has 3 rings (SSSR count). The monoisotopic (exact) mass is 738 g/mol. The second-order valence-corrected chi connectivity index (χ2v) is 15.3. The van der Waals surface area contributed by atoms with E-state index < -0.39 is 34.2 Å². The van der Waals surface area contributed by atoms with Gasteiger partial charge in [-0.25, -0.2) is 4.68 Å². The van der Waals surface area contributed by atoms with E-state index >= 15 is 0 Å². The maximum absolute atomic E-state index is 12.4. The molecule has 48 heavy (non-hydrogen) atoms. The first-order valence-electron chi connectivity index (χ1n) is 15.3. The molecule has 3 unspecified atom stereocenters. The van der Waals surface area contributed by atoms with E-state index in [2.05, 4.69) is 31.6 Å². The molecule has 2 aromatic heterocycles. The summed E-state index contributed by atoms with van der Waals surface area (Å²) in [6.45, 7) is 7.71. The molecule has 3 atom stereocenters. The lowest BCUT2D eigenvalue weighted by atomic mass is 9.93. The molecule has 0 bridgehead atoms. The van der Waals surface area contributed by atoms with Gasteiger partial charge in [0.15, 0.2) is 20.3 Å². The van der Waals surface area contributed by atoms with Crippen molar-refractivity contribution in [3.8, 4) is 12.3 Å². The Hall–Kier alpha value is -2.03. The summed E-state index contributed by atoms with van der Waals surface area (Å²) in [7, 11) is -6.70. The number of hydrogen-bond donors (Lipinski definition) is 5. The zero-order valence-corrected chi connectivity index (χ0v) is 29.6. The summed E-state index contributed by atoms with van der Waals surface area (Å²) in [6, 6.07) is 0. The summed E-state index contributed by atoms with van der Waals surface area (Å²) in [5.74, 6) is 1.99. The van der Waals surface area contributed by atoms with Crippen LogP contribution in [0.1, 0.15) is 39.3 Å². The number of aromatic nitrogens is 4. The van der Waals surface area contributed by atoms with Gasteiger partial charge in [-0.15, -0.1) is 6.42 Å². The molecule has 0 spiro atoms. The largest absolute Gasteiger partial charge is 0.379 e. The number of carbonyl (C=O) groups is 1. The van der Waals surface area contributed by atoms with Gasteiger partial charge in [-0.3, -0.25) is 9.36 Å². The van der Waals surface area contributed by atoms with Gasteiger partial charge in [-0.1, -0.05) is 19.8 Å². The number of anilines is 1. The smallest absolute Gasteiger partial charge is 0.337 e. The summed E-state index contributed by atoms with van der Waals surface area (Å²) >= 11 is 6.26. The molecular weight excluding hydrogens is 694 g/mol. The molecule has 0 saturated carbocycles. The van der Waals surface area contributed by atoms with Crippen molar-refractivity contribution in [2.24, 2.45) is 5.41 Å². The van der Waals surface area contributed by atoms with Crippen molar-refractivity contribution in [1.29, 1.82) is 0 Å². The van der Waals surface area contributed by atoms with Crippen LogP contribution in [0, 0.1) is 17.8 Å². The normalized spacial score (nSPS) is 17.9. The molecule has 20 heteroatoms. The van der Waals surface area contributed by atoms with Crippen LogP contribution in [0.25, 0.3) is 11.0 Å². The highest BCUT2D eigenvalue weighted by Crippen LogP contribution is 2.51. The van der Waals surface area contributed by atoms with E-state index in [4.69, 9.17) is 56.0 Å². The molecule has 5 N–H and O–H groups in total. The summed E-state index contributed by atoms with van der Waals surface area (Å²) in [4.78, 5) is 48.8. The zero-order valence-electron chi connectivity index (χ0n) is 27.1. The predicted octanol–water partition coefficient (Wildman–Crippen LogP) is 2.26. The second kappa shape index (κ2) is 20.6. The third kappa shape index (κ3) is 14.8. The molecular formula is C28H45ClN6O11P2. The lowest BCUT2D eigenvalue weighted by Crippen LogP contribution is -2.38. The van der Waals surface area contributed by atoms with Crippen LogP contribution in [0.4, 0.5) is 5.82 Å². The minimum absolute atomic E-state index is 0.00214. The Kier molecular flexibility index (Phi) is 17.3. The number of terminal acetylenes is 1. The maximum atomic E-state index is 12.4. The van der Waals surface area contributed by atoms with Gasteiger partial charge < -0.3 is 53.5 Å². The number of fused-ring (bicyclic) bond motifs is 1. The van der Waals surface area contributed by atoms with Crippen molar-refractivity contribution in [2.45, 2.75) is 45.4 Å². The number of halogens is 1. The lowest BCUT2D eigenvalue weighted by Gasteiger charge is -2.26. The first kappa shape index (κ1) is 40.4. The molecule has 2 aromatic rings. The van der Waals surface area contributed by atoms with Gasteiger partial charge in [-0.2, -0.15) is 15.1 Å². The highest BCUT2D eigenvalue weighted by atomic mass is 35.5. The van der Waals surface area contributed by atoms with Crippen LogP contribution in [0.15, 0.2) is 6.20 Å². The molecule has 1 amide bonds. The molecule has 1 aliphatic heterocycles. The van der Waals surface area contributed by atoms with Crippen LogP contribution in [-0.4, -0.2) is 125 Å². The van der Waals surface area contributed by atoms with Crippen LogP contribution in [0.2, 0.25) is 5.28 Å². The standard InChI is InChI=1S/C28H45ClN6O11P2/c1-4-8-41-10-12-43-14-15-44-13-11-42-9-7-23(36)30-18-28(2,3)19-31-25-22-16-32-35(26(22)34-27(29)33-25)24-6-5-21(46-24)17-45-48(39,40)20-47(37)38/h1,16,21,24,37-38H,5-15,17-20H2,2-3H3,(H,30,36)(H,39,40)(H,31,33,34). The number of nitrogens with zero attached hydrogens (tertiary/aromatic N) is 4. The molecule has 0 aliphatic carbocycles. The Labute approximate surface area is 285 Å². The van der Waals surface area contributed by atoms with E-state index in [0.29, 0.717) is 82.4 Å². The number of rotatable bonds is 24.